The number of carbonyl (C=O) groups is 2. The normalized spacial score (nSPS) is 11.8. The van der Waals surface area contributed by atoms with E-state index < -0.39 is 23.8 Å². The first-order valence-corrected chi connectivity index (χ1v) is 10.8. The number of amides is 1. The number of anilines is 1. The summed E-state index contributed by atoms with van der Waals surface area (Å²) >= 11 is 0. The van der Waals surface area contributed by atoms with Gasteiger partial charge in [0.1, 0.15) is 11.4 Å². The van der Waals surface area contributed by atoms with Crippen molar-refractivity contribution in [1.82, 2.24) is 0 Å². The van der Waals surface area contributed by atoms with Crippen molar-refractivity contribution >= 4 is 29.7 Å². The second-order valence-corrected chi connectivity index (χ2v) is 8.64. The molecule has 0 atom stereocenters. The number of rotatable bonds is 7. The van der Waals surface area contributed by atoms with E-state index >= 15 is 0 Å². The van der Waals surface area contributed by atoms with Gasteiger partial charge in [0.2, 0.25) is 0 Å². The van der Waals surface area contributed by atoms with Crippen LogP contribution in [-0.2, 0) is 9.78 Å². The van der Waals surface area contributed by atoms with E-state index in [9.17, 15) is 22.8 Å². The fourth-order valence-corrected chi connectivity index (χ4v) is 2.91. The Morgan fingerprint density at radius 1 is 0.833 bits per heavy atom. The molecule has 0 aliphatic rings. The Balaban J connectivity index is 1.84. The molecule has 6 nitrogen and oxygen atoms in total. The van der Waals surface area contributed by atoms with Crippen LogP contribution in [-0.4, -0.2) is 23.8 Å². The molecule has 0 fully saturated rings. The first-order valence-electron chi connectivity index (χ1n) is 10.8. The maximum Gasteiger partial charge on any atom is 0.573 e. The third-order valence-electron chi connectivity index (χ3n) is 4.50. The molecule has 1 amide bonds. The summed E-state index contributed by atoms with van der Waals surface area (Å²) in [5.74, 6) is -1.54. The van der Waals surface area contributed by atoms with Crippen molar-refractivity contribution < 1.29 is 37.3 Å². The van der Waals surface area contributed by atoms with Crippen LogP contribution in [0.4, 0.5) is 18.9 Å². The van der Waals surface area contributed by atoms with E-state index in [4.69, 9.17) is 9.78 Å². The summed E-state index contributed by atoms with van der Waals surface area (Å²) in [7, 11) is 0. The summed E-state index contributed by atoms with van der Waals surface area (Å²) in [6, 6.07) is 18.5. The van der Waals surface area contributed by atoms with Gasteiger partial charge in [0, 0.05) is 5.56 Å². The zero-order chi connectivity index (χ0) is 26.3. The SMILES string of the molecule is CC(C)(C)OOC(=O)c1ccc(/C=C/c2ccc(OC(F)(F)F)cc2)cc1NC(=O)c1ccccc1. The van der Waals surface area contributed by atoms with Crippen LogP contribution in [0, 0.1) is 0 Å². The monoisotopic (exact) mass is 499 g/mol. The molecule has 0 bridgehead atoms. The Morgan fingerprint density at radius 3 is 2.06 bits per heavy atom. The molecular weight excluding hydrogens is 475 g/mol. The second kappa shape index (κ2) is 11.1. The maximum absolute atomic E-state index is 12.7. The van der Waals surface area contributed by atoms with Crippen molar-refractivity contribution in [2.45, 2.75) is 32.7 Å². The van der Waals surface area contributed by atoms with Crippen LogP contribution in [0.15, 0.2) is 72.8 Å². The minimum absolute atomic E-state index is 0.0781. The molecule has 9 heteroatoms. The van der Waals surface area contributed by atoms with Crippen molar-refractivity contribution in [3.8, 4) is 5.75 Å². The van der Waals surface area contributed by atoms with Crippen LogP contribution in [0.3, 0.4) is 0 Å². The standard InChI is InChI=1S/C27H24F3NO5/c1-26(2,3)36-35-25(33)22-16-13-19(17-23(22)31-24(32)20-7-5-4-6-8-20)10-9-18-11-14-21(15-12-18)34-27(28,29)30/h4-17H,1-3H3,(H,31,32)/b10-9+. The topological polar surface area (TPSA) is 73.9 Å². The highest BCUT2D eigenvalue weighted by Crippen LogP contribution is 2.25. The van der Waals surface area contributed by atoms with Gasteiger partial charge < -0.3 is 10.1 Å². The van der Waals surface area contributed by atoms with Crippen LogP contribution >= 0.6 is 0 Å². The molecule has 0 heterocycles. The molecule has 0 spiro atoms. The van der Waals surface area contributed by atoms with Crippen LogP contribution in [0.25, 0.3) is 12.2 Å². The molecule has 3 aromatic carbocycles. The van der Waals surface area contributed by atoms with Gasteiger partial charge in [-0.25, -0.2) is 4.79 Å². The summed E-state index contributed by atoms with van der Waals surface area (Å²) in [5, 5.41) is 2.72. The maximum atomic E-state index is 12.7. The summed E-state index contributed by atoms with van der Waals surface area (Å²) in [6.45, 7) is 5.15. The lowest BCUT2D eigenvalue weighted by Crippen LogP contribution is -2.23. The number of benzene rings is 3. The van der Waals surface area contributed by atoms with Crippen LogP contribution < -0.4 is 10.1 Å². The Hall–Kier alpha value is -4.11. The summed E-state index contributed by atoms with van der Waals surface area (Å²) in [5.41, 5.74) is 1.16. The predicted octanol–water partition coefficient (Wildman–Crippen LogP) is 6.89. The van der Waals surface area contributed by atoms with Gasteiger partial charge >= 0.3 is 12.3 Å². The minimum atomic E-state index is -4.77. The zero-order valence-electron chi connectivity index (χ0n) is 19.8. The van der Waals surface area contributed by atoms with Crippen LogP contribution in [0.2, 0.25) is 0 Å². The molecule has 0 radical (unpaired) electrons. The molecule has 0 aliphatic carbocycles. The van der Waals surface area contributed by atoms with Crippen LogP contribution in [0.1, 0.15) is 52.6 Å². The fraction of sp³-hybridized carbons (Fsp3) is 0.185. The highest BCUT2D eigenvalue weighted by atomic mass is 19.4. The quantitative estimate of drug-likeness (QED) is 0.218. The molecule has 3 aromatic rings. The van der Waals surface area contributed by atoms with Gasteiger partial charge in [-0.15, -0.1) is 13.2 Å². The lowest BCUT2D eigenvalue weighted by atomic mass is 10.1. The number of carbonyl (C=O) groups excluding carboxylic acids is 2. The van der Waals surface area contributed by atoms with E-state index in [-0.39, 0.29) is 17.0 Å². The lowest BCUT2D eigenvalue weighted by molar-refractivity contribution is -0.301. The molecule has 188 valence electrons. The molecular formula is C27H24F3NO5. The average molecular weight is 499 g/mol. The van der Waals surface area contributed by atoms with Gasteiger partial charge in [0.25, 0.3) is 5.91 Å². The Bertz CT molecular complexity index is 1230. The van der Waals surface area contributed by atoms with E-state index in [0.717, 1.165) is 0 Å². The Labute approximate surface area is 206 Å². The molecule has 1 N–H and O–H groups in total. The molecule has 0 saturated carbocycles. The van der Waals surface area contributed by atoms with Crippen molar-refractivity contribution in [3.63, 3.8) is 0 Å². The van der Waals surface area contributed by atoms with E-state index in [1.165, 1.54) is 30.3 Å². The highest BCUT2D eigenvalue weighted by Gasteiger charge is 2.30. The first kappa shape index (κ1) is 26.5. The summed E-state index contributed by atoms with van der Waals surface area (Å²) in [6.07, 6.45) is -1.42. The molecule has 36 heavy (non-hydrogen) atoms. The average Bonchev–Trinajstić information content (AvgIpc) is 2.81. The number of ether oxygens (including phenoxy) is 1. The number of hydrogen-bond donors (Lipinski definition) is 1. The van der Waals surface area contributed by atoms with Crippen molar-refractivity contribution in [2.75, 3.05) is 5.32 Å². The lowest BCUT2D eigenvalue weighted by Gasteiger charge is -2.17. The number of halogens is 3. The van der Waals surface area contributed by atoms with Crippen LogP contribution in [0.5, 0.6) is 5.75 Å². The van der Waals surface area contributed by atoms with Gasteiger partial charge in [0.05, 0.1) is 11.3 Å². The number of alkyl halides is 3. The first-order chi connectivity index (χ1) is 16.9. The van der Waals surface area contributed by atoms with E-state index in [1.54, 1.807) is 75.4 Å². The smallest absolute Gasteiger partial charge is 0.406 e. The van der Waals surface area contributed by atoms with E-state index in [2.05, 4.69) is 10.1 Å². The summed E-state index contributed by atoms with van der Waals surface area (Å²) in [4.78, 5) is 35.4. The van der Waals surface area contributed by atoms with Gasteiger partial charge in [-0.2, -0.15) is 4.89 Å². The fourth-order valence-electron chi connectivity index (χ4n) is 2.91. The third-order valence-corrected chi connectivity index (χ3v) is 4.50. The molecule has 0 aromatic heterocycles. The van der Waals surface area contributed by atoms with Gasteiger partial charge in [-0.05, 0) is 68.3 Å². The molecule has 0 aliphatic heterocycles. The largest absolute Gasteiger partial charge is 0.573 e. The second-order valence-electron chi connectivity index (χ2n) is 8.64. The van der Waals surface area contributed by atoms with E-state index in [0.29, 0.717) is 16.7 Å². The van der Waals surface area contributed by atoms with Crippen molar-refractivity contribution in [3.05, 3.63) is 95.1 Å². The Morgan fingerprint density at radius 2 is 1.44 bits per heavy atom. The Kier molecular flexibility index (Phi) is 8.16. The number of nitrogens with one attached hydrogen (secondary N) is 1. The molecule has 0 unspecified atom stereocenters. The van der Waals surface area contributed by atoms with E-state index in [1.807, 2.05) is 0 Å². The summed E-state index contributed by atoms with van der Waals surface area (Å²) < 4.78 is 40.9. The highest BCUT2D eigenvalue weighted by molar-refractivity contribution is 6.08. The molecule has 0 saturated heterocycles. The van der Waals surface area contributed by atoms with Crippen molar-refractivity contribution in [2.24, 2.45) is 0 Å². The third kappa shape index (κ3) is 8.28. The van der Waals surface area contributed by atoms with Crippen molar-refractivity contribution in [1.29, 1.82) is 0 Å². The number of hydrogen-bond acceptors (Lipinski definition) is 5. The zero-order valence-corrected chi connectivity index (χ0v) is 19.8. The minimum Gasteiger partial charge on any atom is -0.406 e. The molecule has 3 rings (SSSR count). The predicted molar refractivity (Wildman–Crippen MR) is 129 cm³/mol. The van der Waals surface area contributed by atoms with Gasteiger partial charge in [-0.3, -0.25) is 9.68 Å². The van der Waals surface area contributed by atoms with Gasteiger partial charge in [-0.1, -0.05) is 48.6 Å². The van der Waals surface area contributed by atoms with Gasteiger partial charge in [0.15, 0.2) is 0 Å².